The van der Waals surface area contributed by atoms with Crippen LogP contribution in [-0.4, -0.2) is 48.5 Å². The van der Waals surface area contributed by atoms with Crippen LogP contribution in [0.3, 0.4) is 0 Å². The molecule has 0 bridgehead atoms. The highest BCUT2D eigenvalue weighted by atomic mass is 16.2. The number of para-hydroxylation sites is 2. The molecule has 0 atom stereocenters. The van der Waals surface area contributed by atoms with E-state index in [1.807, 2.05) is 36.4 Å². The van der Waals surface area contributed by atoms with Crippen molar-refractivity contribution in [2.24, 2.45) is 0 Å². The zero-order chi connectivity index (χ0) is 17.8. The fourth-order valence-corrected chi connectivity index (χ4v) is 3.40. The lowest BCUT2D eigenvalue weighted by atomic mass is 10.2. The topological polar surface area (TPSA) is 48.5 Å². The minimum Gasteiger partial charge on any atom is -0.369 e. The van der Waals surface area contributed by atoms with E-state index in [0.29, 0.717) is 6.54 Å². The summed E-state index contributed by atoms with van der Waals surface area (Å²) >= 11 is 0. The van der Waals surface area contributed by atoms with Gasteiger partial charge in [-0.3, -0.25) is 14.7 Å². The molecule has 3 aromatic rings. The number of anilines is 2. The summed E-state index contributed by atoms with van der Waals surface area (Å²) in [6.07, 6.45) is 1.75. The Morgan fingerprint density at radius 3 is 2.50 bits per heavy atom. The van der Waals surface area contributed by atoms with Gasteiger partial charge >= 0.3 is 0 Å². The predicted molar refractivity (Wildman–Crippen MR) is 105 cm³/mol. The first-order chi connectivity index (χ1) is 12.8. The van der Waals surface area contributed by atoms with Crippen molar-refractivity contribution < 1.29 is 4.79 Å². The molecule has 0 unspecified atom stereocenters. The van der Waals surface area contributed by atoms with Crippen LogP contribution in [0.1, 0.15) is 0 Å². The second kappa shape index (κ2) is 7.54. The molecule has 5 heteroatoms. The van der Waals surface area contributed by atoms with Gasteiger partial charge in [-0.15, -0.1) is 0 Å². The smallest absolute Gasteiger partial charge is 0.238 e. The van der Waals surface area contributed by atoms with Crippen molar-refractivity contribution in [1.29, 1.82) is 0 Å². The van der Waals surface area contributed by atoms with Crippen molar-refractivity contribution in [3.8, 4) is 0 Å². The Morgan fingerprint density at radius 1 is 0.923 bits per heavy atom. The number of nitrogens with one attached hydrogen (secondary N) is 1. The molecule has 1 saturated heterocycles. The largest absolute Gasteiger partial charge is 0.369 e. The monoisotopic (exact) mass is 346 g/mol. The summed E-state index contributed by atoms with van der Waals surface area (Å²) in [5.74, 6) is 0.0105. The number of fused-ring (bicyclic) bond motifs is 1. The quantitative estimate of drug-likeness (QED) is 0.789. The number of benzene rings is 2. The van der Waals surface area contributed by atoms with Gasteiger partial charge in [0.15, 0.2) is 0 Å². The predicted octanol–water partition coefficient (Wildman–Crippen LogP) is 3.00. The molecule has 1 N–H and O–H groups in total. The molecule has 0 aliphatic carbocycles. The molecular weight excluding hydrogens is 324 g/mol. The Morgan fingerprint density at radius 2 is 1.69 bits per heavy atom. The van der Waals surface area contributed by atoms with Crippen LogP contribution in [-0.2, 0) is 4.79 Å². The summed E-state index contributed by atoms with van der Waals surface area (Å²) in [5, 5.41) is 4.05. The van der Waals surface area contributed by atoms with Gasteiger partial charge in [0.25, 0.3) is 0 Å². The molecule has 1 aromatic heterocycles. The van der Waals surface area contributed by atoms with E-state index < -0.39 is 0 Å². The molecule has 1 amide bonds. The Kier molecular flexibility index (Phi) is 4.80. The Bertz CT molecular complexity index is 883. The van der Waals surface area contributed by atoms with Gasteiger partial charge in [-0.05, 0) is 24.3 Å². The van der Waals surface area contributed by atoms with Crippen LogP contribution in [0.5, 0.6) is 0 Å². The number of piperazine rings is 1. The first kappa shape index (κ1) is 16.5. The SMILES string of the molecule is O=C(CN1CCN(c2ccccc2)CC1)Nc1cccc2cccnc12. The molecule has 1 aliphatic heterocycles. The van der Waals surface area contributed by atoms with Crippen LogP contribution in [0.25, 0.3) is 10.9 Å². The molecule has 2 heterocycles. The van der Waals surface area contributed by atoms with E-state index in [4.69, 9.17) is 0 Å². The number of nitrogens with zero attached hydrogens (tertiary/aromatic N) is 3. The van der Waals surface area contributed by atoms with Gasteiger partial charge in [-0.2, -0.15) is 0 Å². The van der Waals surface area contributed by atoms with Crippen molar-refractivity contribution in [3.05, 3.63) is 66.9 Å². The number of amides is 1. The molecular formula is C21H22N4O. The van der Waals surface area contributed by atoms with Crippen LogP contribution in [0.15, 0.2) is 66.9 Å². The number of pyridine rings is 1. The number of carbonyl (C=O) groups is 1. The fourth-order valence-electron chi connectivity index (χ4n) is 3.40. The molecule has 26 heavy (non-hydrogen) atoms. The van der Waals surface area contributed by atoms with Gasteiger partial charge in [0.05, 0.1) is 17.7 Å². The number of rotatable bonds is 4. The van der Waals surface area contributed by atoms with E-state index in [2.05, 4.69) is 44.4 Å². The zero-order valence-electron chi connectivity index (χ0n) is 14.6. The van der Waals surface area contributed by atoms with Gasteiger partial charge in [0.2, 0.25) is 5.91 Å². The first-order valence-electron chi connectivity index (χ1n) is 8.95. The molecule has 0 radical (unpaired) electrons. The lowest BCUT2D eigenvalue weighted by molar-refractivity contribution is -0.117. The van der Waals surface area contributed by atoms with Gasteiger partial charge < -0.3 is 10.2 Å². The molecule has 132 valence electrons. The van der Waals surface area contributed by atoms with Crippen LogP contribution >= 0.6 is 0 Å². The summed E-state index contributed by atoms with van der Waals surface area (Å²) < 4.78 is 0. The maximum absolute atomic E-state index is 12.5. The zero-order valence-corrected chi connectivity index (χ0v) is 14.6. The lowest BCUT2D eigenvalue weighted by Crippen LogP contribution is -2.48. The highest BCUT2D eigenvalue weighted by Crippen LogP contribution is 2.21. The fraction of sp³-hybridized carbons (Fsp3) is 0.238. The minimum atomic E-state index is 0.0105. The summed E-state index contributed by atoms with van der Waals surface area (Å²) in [4.78, 5) is 21.4. The van der Waals surface area contributed by atoms with Crippen LogP contribution in [0, 0.1) is 0 Å². The standard InChI is InChI=1S/C21H22N4O/c26-20(23-19-10-4-6-17-7-5-11-22-21(17)19)16-24-12-14-25(15-13-24)18-8-2-1-3-9-18/h1-11H,12-16H2,(H,23,26). The van der Waals surface area contributed by atoms with Gasteiger partial charge in [-0.25, -0.2) is 0 Å². The molecule has 4 rings (SSSR count). The second-order valence-corrected chi connectivity index (χ2v) is 6.53. The maximum Gasteiger partial charge on any atom is 0.238 e. The van der Waals surface area contributed by atoms with E-state index in [9.17, 15) is 4.79 Å². The van der Waals surface area contributed by atoms with E-state index in [-0.39, 0.29) is 5.91 Å². The summed E-state index contributed by atoms with van der Waals surface area (Å²) in [6, 6.07) is 20.2. The van der Waals surface area contributed by atoms with E-state index in [0.717, 1.165) is 42.8 Å². The number of carbonyl (C=O) groups excluding carboxylic acids is 1. The third-order valence-electron chi connectivity index (χ3n) is 4.77. The number of aromatic nitrogens is 1. The van der Waals surface area contributed by atoms with Crippen molar-refractivity contribution in [3.63, 3.8) is 0 Å². The highest BCUT2D eigenvalue weighted by molar-refractivity contribution is 6.00. The van der Waals surface area contributed by atoms with Crippen molar-refractivity contribution in [1.82, 2.24) is 9.88 Å². The van der Waals surface area contributed by atoms with Crippen molar-refractivity contribution >= 4 is 28.2 Å². The van der Waals surface area contributed by atoms with Gasteiger partial charge in [-0.1, -0.05) is 36.4 Å². The average molecular weight is 346 g/mol. The van der Waals surface area contributed by atoms with Crippen LogP contribution < -0.4 is 10.2 Å². The normalized spacial score (nSPS) is 15.2. The second-order valence-electron chi connectivity index (χ2n) is 6.53. The summed E-state index contributed by atoms with van der Waals surface area (Å²) in [5.41, 5.74) is 2.85. The third kappa shape index (κ3) is 3.68. The van der Waals surface area contributed by atoms with Crippen LogP contribution in [0.4, 0.5) is 11.4 Å². The van der Waals surface area contributed by atoms with E-state index in [1.165, 1.54) is 5.69 Å². The molecule has 1 aliphatic rings. The molecule has 2 aromatic carbocycles. The maximum atomic E-state index is 12.5. The molecule has 1 fully saturated rings. The Hall–Kier alpha value is -2.92. The van der Waals surface area contributed by atoms with E-state index >= 15 is 0 Å². The molecule has 0 spiro atoms. The van der Waals surface area contributed by atoms with E-state index in [1.54, 1.807) is 6.20 Å². The van der Waals surface area contributed by atoms with Gasteiger partial charge in [0, 0.05) is 43.4 Å². The number of hydrogen-bond donors (Lipinski definition) is 1. The molecule has 5 nitrogen and oxygen atoms in total. The summed E-state index contributed by atoms with van der Waals surface area (Å²) in [7, 11) is 0. The Balaban J connectivity index is 1.34. The average Bonchev–Trinajstić information content (AvgIpc) is 2.69. The van der Waals surface area contributed by atoms with Crippen molar-refractivity contribution in [2.75, 3.05) is 42.9 Å². The first-order valence-corrected chi connectivity index (χ1v) is 8.95. The highest BCUT2D eigenvalue weighted by Gasteiger charge is 2.19. The Labute approximate surface area is 153 Å². The summed E-state index contributed by atoms with van der Waals surface area (Å²) in [6.45, 7) is 4.05. The number of hydrogen-bond acceptors (Lipinski definition) is 4. The molecule has 0 saturated carbocycles. The third-order valence-corrected chi connectivity index (χ3v) is 4.77. The van der Waals surface area contributed by atoms with Crippen LogP contribution in [0.2, 0.25) is 0 Å². The van der Waals surface area contributed by atoms with Gasteiger partial charge in [0.1, 0.15) is 0 Å². The van der Waals surface area contributed by atoms with Crippen molar-refractivity contribution in [2.45, 2.75) is 0 Å². The minimum absolute atomic E-state index is 0.0105. The lowest BCUT2D eigenvalue weighted by Gasteiger charge is -2.35.